The van der Waals surface area contributed by atoms with Gasteiger partial charge in [0.2, 0.25) is 0 Å². The highest BCUT2D eigenvalue weighted by atomic mass is 16.6. The van der Waals surface area contributed by atoms with Crippen LogP contribution >= 0.6 is 0 Å². The van der Waals surface area contributed by atoms with Crippen molar-refractivity contribution in [3.05, 3.63) is 30.3 Å². The molecule has 0 radical (unpaired) electrons. The van der Waals surface area contributed by atoms with Gasteiger partial charge in [0.1, 0.15) is 0 Å². The second-order valence-electron chi connectivity index (χ2n) is 5.57. The number of terminal acetylenes is 1. The lowest BCUT2D eigenvalue weighted by molar-refractivity contribution is -0.156. The molecule has 3 nitrogen and oxygen atoms in total. The molecule has 1 aromatic rings. The summed E-state index contributed by atoms with van der Waals surface area (Å²) in [4.78, 5) is 11.9. The van der Waals surface area contributed by atoms with E-state index in [4.69, 9.17) is 11.2 Å². The van der Waals surface area contributed by atoms with Crippen molar-refractivity contribution in [2.45, 2.75) is 50.5 Å². The number of esters is 1. The van der Waals surface area contributed by atoms with Gasteiger partial charge in [-0.25, -0.2) is 0 Å². The molecule has 1 fully saturated rings. The largest absolute Gasteiger partial charge is 0.446 e. The number of carbonyl (C=O) groups is 1. The first-order valence-electron chi connectivity index (χ1n) is 7.73. The van der Waals surface area contributed by atoms with Crippen LogP contribution in [0.5, 0.6) is 0 Å². The Morgan fingerprint density at radius 2 is 1.95 bits per heavy atom. The first kappa shape index (κ1) is 15.4. The van der Waals surface area contributed by atoms with E-state index in [1.165, 1.54) is 6.42 Å². The first-order valence-corrected chi connectivity index (χ1v) is 7.73. The van der Waals surface area contributed by atoms with E-state index in [0.29, 0.717) is 6.42 Å². The summed E-state index contributed by atoms with van der Waals surface area (Å²) in [6.07, 6.45) is 11.6. The summed E-state index contributed by atoms with van der Waals surface area (Å²) in [6.45, 7) is 0.752. The Labute approximate surface area is 127 Å². The molecule has 0 saturated heterocycles. The molecule has 0 bridgehead atoms. The van der Waals surface area contributed by atoms with Crippen molar-refractivity contribution >= 4 is 11.7 Å². The molecule has 1 saturated carbocycles. The van der Waals surface area contributed by atoms with Gasteiger partial charge in [-0.15, -0.1) is 6.42 Å². The van der Waals surface area contributed by atoms with E-state index in [1.54, 1.807) is 0 Å². The van der Waals surface area contributed by atoms with E-state index in [2.05, 4.69) is 11.2 Å². The molecule has 0 aromatic heterocycles. The number of para-hydroxylation sites is 1. The normalized spacial score (nSPS) is 16.7. The van der Waals surface area contributed by atoms with E-state index in [9.17, 15) is 4.79 Å². The van der Waals surface area contributed by atoms with Gasteiger partial charge in [-0.2, -0.15) is 0 Å². The standard InChI is InChI=1S/C18H23NO2/c1-2-18(13-7-4-8-14-18)21-17(20)12-9-15-19-16-10-5-3-6-11-16/h1,3,5-6,10-11,19H,4,7-9,12-15H2. The molecule has 0 heterocycles. The van der Waals surface area contributed by atoms with Crippen LogP contribution in [-0.4, -0.2) is 18.1 Å². The summed E-state index contributed by atoms with van der Waals surface area (Å²) < 4.78 is 5.58. The molecule has 1 aliphatic carbocycles. The molecule has 112 valence electrons. The van der Waals surface area contributed by atoms with Crippen molar-refractivity contribution in [3.8, 4) is 12.3 Å². The molecule has 0 aliphatic heterocycles. The minimum absolute atomic E-state index is 0.176. The predicted octanol–water partition coefficient (Wildman–Crippen LogP) is 3.76. The third-order valence-corrected chi connectivity index (χ3v) is 3.89. The number of hydrogen-bond donors (Lipinski definition) is 1. The van der Waals surface area contributed by atoms with E-state index in [-0.39, 0.29) is 5.97 Å². The average Bonchev–Trinajstić information content (AvgIpc) is 2.53. The fourth-order valence-corrected chi connectivity index (χ4v) is 2.69. The van der Waals surface area contributed by atoms with Crippen LogP contribution in [0.4, 0.5) is 5.69 Å². The summed E-state index contributed by atoms with van der Waals surface area (Å²) in [6, 6.07) is 9.96. The maximum atomic E-state index is 11.9. The Hall–Kier alpha value is -1.95. The zero-order valence-corrected chi connectivity index (χ0v) is 12.4. The van der Waals surface area contributed by atoms with Gasteiger partial charge in [0.05, 0.1) is 0 Å². The van der Waals surface area contributed by atoms with Crippen molar-refractivity contribution in [1.29, 1.82) is 0 Å². The molecule has 2 rings (SSSR count). The number of ether oxygens (including phenoxy) is 1. The smallest absolute Gasteiger partial charge is 0.307 e. The highest BCUT2D eigenvalue weighted by molar-refractivity contribution is 5.70. The topological polar surface area (TPSA) is 38.3 Å². The van der Waals surface area contributed by atoms with Gasteiger partial charge >= 0.3 is 5.97 Å². The van der Waals surface area contributed by atoms with Gasteiger partial charge in [-0.05, 0) is 44.2 Å². The zero-order chi connectivity index (χ0) is 15.0. The van der Waals surface area contributed by atoms with Crippen LogP contribution < -0.4 is 5.32 Å². The molecule has 1 N–H and O–H groups in total. The van der Waals surface area contributed by atoms with Crippen LogP contribution in [0.15, 0.2) is 30.3 Å². The van der Waals surface area contributed by atoms with E-state index >= 15 is 0 Å². The number of hydrogen-bond acceptors (Lipinski definition) is 3. The van der Waals surface area contributed by atoms with Crippen LogP contribution in [0.1, 0.15) is 44.9 Å². The highest BCUT2D eigenvalue weighted by Crippen LogP contribution is 2.31. The lowest BCUT2D eigenvalue weighted by atomic mass is 9.85. The first-order chi connectivity index (χ1) is 10.2. The van der Waals surface area contributed by atoms with E-state index in [0.717, 1.165) is 44.3 Å². The van der Waals surface area contributed by atoms with Gasteiger partial charge in [-0.3, -0.25) is 4.79 Å². The van der Waals surface area contributed by atoms with Crippen LogP contribution in [0.2, 0.25) is 0 Å². The maximum absolute atomic E-state index is 11.9. The number of nitrogens with one attached hydrogen (secondary N) is 1. The number of anilines is 1. The van der Waals surface area contributed by atoms with Gasteiger partial charge in [0.15, 0.2) is 5.60 Å². The summed E-state index contributed by atoms with van der Waals surface area (Å²) >= 11 is 0. The fraction of sp³-hybridized carbons (Fsp3) is 0.500. The molecule has 0 atom stereocenters. The van der Waals surface area contributed by atoms with Crippen molar-refractivity contribution in [2.24, 2.45) is 0 Å². The van der Waals surface area contributed by atoms with E-state index < -0.39 is 5.60 Å². The number of benzene rings is 1. The van der Waals surface area contributed by atoms with Crippen LogP contribution in [0, 0.1) is 12.3 Å². The summed E-state index contributed by atoms with van der Waals surface area (Å²) in [5, 5.41) is 3.28. The molecule has 0 spiro atoms. The van der Waals surface area contributed by atoms with Crippen LogP contribution in [0.3, 0.4) is 0 Å². The van der Waals surface area contributed by atoms with Crippen molar-refractivity contribution in [3.63, 3.8) is 0 Å². The highest BCUT2D eigenvalue weighted by Gasteiger charge is 2.33. The minimum atomic E-state index is -0.637. The zero-order valence-electron chi connectivity index (χ0n) is 12.4. The molecule has 0 unspecified atom stereocenters. The van der Waals surface area contributed by atoms with Gasteiger partial charge in [-0.1, -0.05) is 30.5 Å². The van der Waals surface area contributed by atoms with Crippen molar-refractivity contribution < 1.29 is 9.53 Å². The van der Waals surface area contributed by atoms with Gasteiger partial charge in [0, 0.05) is 18.7 Å². The van der Waals surface area contributed by atoms with Gasteiger partial charge < -0.3 is 10.1 Å². The Morgan fingerprint density at radius 1 is 1.24 bits per heavy atom. The fourth-order valence-electron chi connectivity index (χ4n) is 2.69. The molecule has 21 heavy (non-hydrogen) atoms. The molecule has 0 amide bonds. The Morgan fingerprint density at radius 3 is 2.62 bits per heavy atom. The minimum Gasteiger partial charge on any atom is -0.446 e. The second kappa shape index (κ2) is 7.73. The van der Waals surface area contributed by atoms with Crippen LogP contribution in [0.25, 0.3) is 0 Å². The SMILES string of the molecule is C#CC1(OC(=O)CCCNc2ccccc2)CCCCC1. The third-order valence-electron chi connectivity index (χ3n) is 3.89. The molecular weight excluding hydrogens is 262 g/mol. The average molecular weight is 285 g/mol. The molecule has 1 aliphatic rings. The van der Waals surface area contributed by atoms with Crippen LogP contribution in [-0.2, 0) is 9.53 Å². The summed E-state index contributed by atoms with van der Waals surface area (Å²) in [7, 11) is 0. The maximum Gasteiger partial charge on any atom is 0.307 e. The Bertz CT molecular complexity index is 484. The lowest BCUT2D eigenvalue weighted by Gasteiger charge is -2.32. The number of rotatable bonds is 6. The Kier molecular flexibility index (Phi) is 5.68. The van der Waals surface area contributed by atoms with Crippen molar-refractivity contribution in [1.82, 2.24) is 0 Å². The van der Waals surface area contributed by atoms with Gasteiger partial charge in [0.25, 0.3) is 0 Å². The third kappa shape index (κ3) is 4.82. The molecular formula is C18H23NO2. The Balaban J connectivity index is 1.69. The summed E-state index contributed by atoms with van der Waals surface area (Å²) in [5.74, 6) is 2.53. The lowest BCUT2D eigenvalue weighted by Crippen LogP contribution is -2.35. The monoisotopic (exact) mass is 285 g/mol. The molecule has 3 heteroatoms. The summed E-state index contributed by atoms with van der Waals surface area (Å²) in [5.41, 5.74) is 0.431. The second-order valence-corrected chi connectivity index (χ2v) is 5.57. The number of carbonyl (C=O) groups excluding carboxylic acids is 1. The van der Waals surface area contributed by atoms with E-state index in [1.807, 2.05) is 30.3 Å². The molecule has 1 aromatic carbocycles. The quantitative estimate of drug-likeness (QED) is 0.491. The van der Waals surface area contributed by atoms with Crippen molar-refractivity contribution in [2.75, 3.05) is 11.9 Å². The predicted molar refractivity (Wildman–Crippen MR) is 84.9 cm³/mol.